The molecule has 0 radical (unpaired) electrons. The Hall–Kier alpha value is -2.66. The Kier molecular flexibility index (Phi) is 6.60. The molecule has 2 heterocycles. The number of hydrogen-bond donors (Lipinski definition) is 1. The minimum Gasteiger partial charge on any atom is -0.383 e. The lowest BCUT2D eigenvalue weighted by Gasteiger charge is -2.34. The van der Waals surface area contributed by atoms with Gasteiger partial charge in [-0.2, -0.15) is 26.3 Å². The van der Waals surface area contributed by atoms with Crippen molar-refractivity contribution in [3.63, 3.8) is 0 Å². The molecule has 3 unspecified atom stereocenters. The smallest absolute Gasteiger partial charge is 0.383 e. The van der Waals surface area contributed by atoms with E-state index in [1.54, 1.807) is 0 Å². The number of benzene rings is 2. The summed E-state index contributed by atoms with van der Waals surface area (Å²) in [5.41, 5.74) is -2.61. The Morgan fingerprint density at radius 1 is 0.971 bits per heavy atom. The summed E-state index contributed by atoms with van der Waals surface area (Å²) in [6, 6.07) is 6.32. The first kappa shape index (κ1) is 25.4. The first-order valence-electron chi connectivity index (χ1n) is 10.9. The number of amides is 1. The maximum absolute atomic E-state index is 13.5. The summed E-state index contributed by atoms with van der Waals surface area (Å²) in [7, 11) is 0. The van der Waals surface area contributed by atoms with Gasteiger partial charge in [-0.05, 0) is 61.2 Å². The van der Waals surface area contributed by atoms with Crippen molar-refractivity contribution in [2.45, 2.75) is 62.4 Å². The van der Waals surface area contributed by atoms with Crippen LogP contribution in [0.1, 0.15) is 54.0 Å². The molecule has 0 aliphatic carbocycles. The molecule has 2 aliphatic rings. The van der Waals surface area contributed by atoms with Crippen LogP contribution in [0.3, 0.4) is 0 Å². The second-order valence-electron chi connectivity index (χ2n) is 8.88. The van der Waals surface area contributed by atoms with E-state index in [4.69, 9.17) is 4.74 Å². The first-order chi connectivity index (χ1) is 16.3. The molecule has 1 N–H and O–H groups in total. The standard InChI is InChI=1S/C24H22F7NO3/c1-12(14-8-15(23(26,27)28)10-16(9-14)24(29,30)31)35-20-11-32-18(6-7-19(33)22(32)34)21(20)13-2-4-17(25)5-3-13/h2-5,8-10,12,18-21,33H,6-7,11H2,1H3/t12-,18?,19?,20+,21?/m1/s1. The summed E-state index contributed by atoms with van der Waals surface area (Å²) in [6.45, 7) is 1.32. The van der Waals surface area contributed by atoms with Crippen LogP contribution in [0.25, 0.3) is 0 Å². The zero-order valence-electron chi connectivity index (χ0n) is 18.4. The van der Waals surface area contributed by atoms with Gasteiger partial charge in [-0.1, -0.05) is 12.1 Å². The van der Waals surface area contributed by atoms with Gasteiger partial charge < -0.3 is 14.7 Å². The number of halogens is 7. The van der Waals surface area contributed by atoms with Crippen LogP contribution in [0.15, 0.2) is 42.5 Å². The summed E-state index contributed by atoms with van der Waals surface area (Å²) >= 11 is 0. The Balaban J connectivity index is 1.68. The van der Waals surface area contributed by atoms with Crippen LogP contribution >= 0.6 is 0 Å². The molecule has 2 fully saturated rings. The van der Waals surface area contributed by atoms with Gasteiger partial charge in [0.05, 0.1) is 23.3 Å². The molecule has 190 valence electrons. The maximum atomic E-state index is 13.5. The van der Waals surface area contributed by atoms with E-state index in [0.29, 0.717) is 24.1 Å². The lowest BCUT2D eigenvalue weighted by Crippen LogP contribution is -2.48. The van der Waals surface area contributed by atoms with Crippen molar-refractivity contribution in [3.05, 3.63) is 70.5 Å². The predicted octanol–water partition coefficient (Wildman–Crippen LogP) is 5.46. The third-order valence-electron chi connectivity index (χ3n) is 6.61. The van der Waals surface area contributed by atoms with Gasteiger partial charge in [-0.15, -0.1) is 0 Å². The third-order valence-corrected chi connectivity index (χ3v) is 6.61. The largest absolute Gasteiger partial charge is 0.416 e. The number of fused-ring (bicyclic) bond motifs is 1. The Morgan fingerprint density at radius 2 is 1.54 bits per heavy atom. The van der Waals surface area contributed by atoms with Crippen molar-refractivity contribution in [3.8, 4) is 0 Å². The average Bonchev–Trinajstić information content (AvgIpc) is 3.14. The molecule has 0 aromatic heterocycles. The van der Waals surface area contributed by atoms with Crippen molar-refractivity contribution in [1.82, 2.24) is 4.90 Å². The minimum atomic E-state index is -5.00. The van der Waals surface area contributed by atoms with E-state index in [-0.39, 0.29) is 24.6 Å². The van der Waals surface area contributed by atoms with E-state index in [1.807, 2.05) is 0 Å². The lowest BCUT2D eigenvalue weighted by atomic mass is 9.85. The molecule has 2 aromatic rings. The zero-order valence-corrected chi connectivity index (χ0v) is 18.4. The highest BCUT2D eigenvalue weighted by Gasteiger charge is 2.49. The highest BCUT2D eigenvalue weighted by atomic mass is 19.4. The Labute approximate surface area is 196 Å². The summed E-state index contributed by atoms with van der Waals surface area (Å²) in [6.07, 6.45) is -12.6. The van der Waals surface area contributed by atoms with E-state index in [1.165, 1.54) is 36.1 Å². The Bertz CT molecular complexity index is 1050. The van der Waals surface area contributed by atoms with Crippen molar-refractivity contribution in [2.24, 2.45) is 0 Å². The van der Waals surface area contributed by atoms with Crippen LogP contribution < -0.4 is 0 Å². The fraction of sp³-hybridized carbons (Fsp3) is 0.458. The fourth-order valence-corrected chi connectivity index (χ4v) is 4.92. The molecule has 11 heteroatoms. The number of alkyl halides is 6. The second-order valence-corrected chi connectivity index (χ2v) is 8.88. The maximum Gasteiger partial charge on any atom is 0.416 e. The molecule has 2 saturated heterocycles. The van der Waals surface area contributed by atoms with Crippen LogP contribution in [0.2, 0.25) is 0 Å². The van der Waals surface area contributed by atoms with Crippen LogP contribution in [-0.4, -0.2) is 40.7 Å². The van der Waals surface area contributed by atoms with E-state index in [0.717, 1.165) is 0 Å². The van der Waals surface area contributed by atoms with E-state index >= 15 is 0 Å². The van der Waals surface area contributed by atoms with Gasteiger partial charge in [0, 0.05) is 18.5 Å². The normalized spacial score (nSPS) is 26.1. The van der Waals surface area contributed by atoms with Crippen LogP contribution in [0.5, 0.6) is 0 Å². The predicted molar refractivity (Wildman–Crippen MR) is 110 cm³/mol. The molecule has 2 aliphatic heterocycles. The molecular weight excluding hydrogens is 483 g/mol. The first-order valence-corrected chi connectivity index (χ1v) is 10.9. The second kappa shape index (κ2) is 9.09. The molecular formula is C24H22F7NO3. The fourth-order valence-electron chi connectivity index (χ4n) is 4.92. The van der Waals surface area contributed by atoms with Gasteiger partial charge in [-0.3, -0.25) is 4.79 Å². The molecule has 0 bridgehead atoms. The molecule has 2 aromatic carbocycles. The highest BCUT2D eigenvalue weighted by molar-refractivity contribution is 5.82. The summed E-state index contributed by atoms with van der Waals surface area (Å²) in [4.78, 5) is 14.0. The third kappa shape index (κ3) is 5.16. The lowest BCUT2D eigenvalue weighted by molar-refractivity contribution is -0.146. The van der Waals surface area contributed by atoms with E-state index in [9.17, 15) is 40.6 Å². The molecule has 35 heavy (non-hydrogen) atoms. The number of aliphatic hydroxyl groups excluding tert-OH is 1. The van der Waals surface area contributed by atoms with Gasteiger partial charge in [0.25, 0.3) is 5.91 Å². The SMILES string of the molecule is C[C@@H](O[C@H]1CN2C(=O)C(O)CCC2C1c1ccc(F)cc1)c1cc(C(F)(F)F)cc(C(F)(F)F)c1. The van der Waals surface area contributed by atoms with Gasteiger partial charge in [0.15, 0.2) is 0 Å². The van der Waals surface area contributed by atoms with Crippen LogP contribution in [-0.2, 0) is 21.9 Å². The van der Waals surface area contributed by atoms with E-state index in [2.05, 4.69) is 0 Å². The van der Waals surface area contributed by atoms with Gasteiger partial charge >= 0.3 is 12.4 Å². The van der Waals surface area contributed by atoms with Crippen molar-refractivity contribution in [2.75, 3.05) is 6.54 Å². The van der Waals surface area contributed by atoms with Crippen molar-refractivity contribution < 1.29 is 45.4 Å². The van der Waals surface area contributed by atoms with Crippen molar-refractivity contribution in [1.29, 1.82) is 0 Å². The summed E-state index contributed by atoms with van der Waals surface area (Å²) < 4.78 is 99.3. The topological polar surface area (TPSA) is 49.8 Å². The molecule has 4 nitrogen and oxygen atoms in total. The van der Waals surface area contributed by atoms with E-state index < -0.39 is 65.5 Å². The molecule has 5 atom stereocenters. The van der Waals surface area contributed by atoms with Gasteiger partial charge in [-0.25, -0.2) is 4.39 Å². The summed E-state index contributed by atoms with van der Waals surface area (Å²) in [5, 5.41) is 9.98. The van der Waals surface area contributed by atoms with Crippen LogP contribution in [0.4, 0.5) is 30.7 Å². The monoisotopic (exact) mass is 505 g/mol. The number of carbonyl (C=O) groups is 1. The van der Waals surface area contributed by atoms with Gasteiger partial charge in [0.2, 0.25) is 0 Å². The number of hydrogen-bond acceptors (Lipinski definition) is 3. The molecule has 0 spiro atoms. The summed E-state index contributed by atoms with van der Waals surface area (Å²) in [5.74, 6) is -1.53. The number of rotatable bonds is 4. The van der Waals surface area contributed by atoms with Crippen LogP contribution in [0, 0.1) is 5.82 Å². The number of piperidine rings is 1. The highest BCUT2D eigenvalue weighted by Crippen LogP contribution is 2.43. The number of ether oxygens (including phenoxy) is 1. The quantitative estimate of drug-likeness (QED) is 0.562. The minimum absolute atomic E-state index is 0.0158. The zero-order chi connectivity index (χ0) is 25.7. The van der Waals surface area contributed by atoms with Gasteiger partial charge in [0.1, 0.15) is 11.9 Å². The molecule has 4 rings (SSSR count). The van der Waals surface area contributed by atoms with Crippen molar-refractivity contribution >= 4 is 5.91 Å². The number of aliphatic hydroxyl groups is 1. The molecule has 0 saturated carbocycles. The molecule has 1 amide bonds. The average molecular weight is 505 g/mol. The number of nitrogens with zero attached hydrogens (tertiary/aromatic N) is 1. The number of carbonyl (C=O) groups excluding carboxylic acids is 1. The Morgan fingerprint density at radius 3 is 2.09 bits per heavy atom.